The van der Waals surface area contributed by atoms with Crippen molar-refractivity contribution in [3.05, 3.63) is 88.7 Å². The largest absolute Gasteiger partial charge is 0.497 e. The summed E-state index contributed by atoms with van der Waals surface area (Å²) >= 11 is 0. The van der Waals surface area contributed by atoms with E-state index < -0.39 is 6.09 Å². The van der Waals surface area contributed by atoms with Gasteiger partial charge in [-0.05, 0) is 81.5 Å². The Labute approximate surface area is 216 Å². The maximum absolute atomic E-state index is 13.2. The molecule has 8 nitrogen and oxygen atoms in total. The van der Waals surface area contributed by atoms with Gasteiger partial charge in [0.1, 0.15) is 5.75 Å². The molecule has 37 heavy (non-hydrogen) atoms. The molecule has 0 spiro atoms. The van der Waals surface area contributed by atoms with Crippen LogP contribution in [0, 0.1) is 0 Å². The second-order valence-corrected chi connectivity index (χ2v) is 9.05. The van der Waals surface area contributed by atoms with Gasteiger partial charge in [0.25, 0.3) is 5.56 Å². The standard InChI is InChI=1S/C29H32N4O4/c1-32(2)18-6-7-19-37-29(35)30-23-14-10-21(11-15-23)20-33-28(34)26-9-5-4-8-25(26)27(31-33)22-12-16-24(36-3)17-13-22/h4-5,8-17H,6-7,18-20H2,1-3H3,(H,30,35). The van der Waals surface area contributed by atoms with Crippen LogP contribution in [-0.2, 0) is 11.3 Å². The van der Waals surface area contributed by atoms with Crippen molar-refractivity contribution in [3.63, 3.8) is 0 Å². The number of rotatable bonds is 10. The molecule has 192 valence electrons. The van der Waals surface area contributed by atoms with E-state index in [1.807, 2.05) is 74.8 Å². The molecular weight excluding hydrogens is 468 g/mol. The highest BCUT2D eigenvalue weighted by Gasteiger charge is 2.13. The van der Waals surface area contributed by atoms with Crippen LogP contribution in [0.5, 0.6) is 5.75 Å². The Hall–Kier alpha value is -4.17. The normalized spacial score (nSPS) is 11.0. The van der Waals surface area contributed by atoms with Crippen LogP contribution in [-0.4, -0.2) is 55.1 Å². The van der Waals surface area contributed by atoms with Crippen molar-refractivity contribution in [2.75, 3.05) is 39.7 Å². The van der Waals surface area contributed by atoms with Crippen molar-refractivity contribution >= 4 is 22.6 Å². The summed E-state index contributed by atoms with van der Waals surface area (Å²) in [5.41, 5.74) is 2.97. The molecule has 0 radical (unpaired) electrons. The Morgan fingerprint density at radius 3 is 2.32 bits per heavy atom. The second kappa shape index (κ2) is 12.2. The summed E-state index contributed by atoms with van der Waals surface area (Å²) in [6, 6.07) is 22.4. The molecule has 0 atom stereocenters. The average molecular weight is 501 g/mol. The molecule has 0 aliphatic carbocycles. The number of carbonyl (C=O) groups is 1. The highest BCUT2D eigenvalue weighted by Crippen LogP contribution is 2.26. The molecule has 0 fully saturated rings. The van der Waals surface area contributed by atoms with Crippen molar-refractivity contribution in [3.8, 4) is 17.0 Å². The molecule has 4 aromatic rings. The van der Waals surface area contributed by atoms with Gasteiger partial charge in [-0.2, -0.15) is 5.10 Å². The van der Waals surface area contributed by atoms with Crippen LogP contribution < -0.4 is 15.6 Å². The Morgan fingerprint density at radius 2 is 1.65 bits per heavy atom. The predicted octanol–water partition coefficient (Wildman–Crippen LogP) is 5.01. The summed E-state index contributed by atoms with van der Waals surface area (Å²) in [4.78, 5) is 27.4. The molecule has 0 unspecified atom stereocenters. The van der Waals surface area contributed by atoms with E-state index in [4.69, 9.17) is 14.6 Å². The predicted molar refractivity (Wildman–Crippen MR) is 146 cm³/mol. The van der Waals surface area contributed by atoms with Gasteiger partial charge in [-0.1, -0.05) is 30.3 Å². The molecule has 1 heterocycles. The fraction of sp³-hybridized carbons (Fsp3) is 0.276. The van der Waals surface area contributed by atoms with Crippen LogP contribution >= 0.6 is 0 Å². The third-order valence-electron chi connectivity index (χ3n) is 6.00. The number of carbonyl (C=O) groups excluding carboxylic acids is 1. The highest BCUT2D eigenvalue weighted by atomic mass is 16.5. The van der Waals surface area contributed by atoms with Crippen molar-refractivity contribution in [2.45, 2.75) is 19.4 Å². The number of methoxy groups -OCH3 is 1. The van der Waals surface area contributed by atoms with Gasteiger partial charge in [-0.15, -0.1) is 0 Å². The molecule has 4 rings (SSSR count). The summed E-state index contributed by atoms with van der Waals surface area (Å²) in [5, 5.41) is 8.87. The van der Waals surface area contributed by atoms with E-state index in [-0.39, 0.29) is 5.56 Å². The second-order valence-electron chi connectivity index (χ2n) is 9.05. The zero-order valence-corrected chi connectivity index (χ0v) is 21.4. The lowest BCUT2D eigenvalue weighted by Gasteiger charge is -2.12. The van der Waals surface area contributed by atoms with Crippen molar-refractivity contribution in [1.29, 1.82) is 0 Å². The Kier molecular flexibility index (Phi) is 8.53. The van der Waals surface area contributed by atoms with Gasteiger partial charge in [0.2, 0.25) is 0 Å². The van der Waals surface area contributed by atoms with Crippen LogP contribution in [0.3, 0.4) is 0 Å². The first-order valence-corrected chi connectivity index (χ1v) is 12.3. The minimum absolute atomic E-state index is 0.159. The quantitative estimate of drug-likeness (QED) is 0.308. The third kappa shape index (κ3) is 6.74. The summed E-state index contributed by atoms with van der Waals surface area (Å²) in [6.07, 6.45) is 1.31. The maximum Gasteiger partial charge on any atom is 0.411 e. The molecule has 0 aliphatic heterocycles. The van der Waals surface area contributed by atoms with Gasteiger partial charge >= 0.3 is 6.09 Å². The summed E-state index contributed by atoms with van der Waals surface area (Å²) in [6.45, 7) is 1.64. The molecule has 0 aliphatic rings. The molecule has 1 N–H and O–H groups in total. The van der Waals surface area contributed by atoms with E-state index in [2.05, 4.69) is 10.2 Å². The number of anilines is 1. The Bertz CT molecular complexity index is 1400. The average Bonchev–Trinajstić information content (AvgIpc) is 2.91. The van der Waals surface area contributed by atoms with Crippen LogP contribution in [0.15, 0.2) is 77.6 Å². The van der Waals surface area contributed by atoms with Gasteiger partial charge in [0.15, 0.2) is 0 Å². The number of hydrogen-bond donors (Lipinski definition) is 1. The van der Waals surface area contributed by atoms with Gasteiger partial charge in [0, 0.05) is 16.6 Å². The van der Waals surface area contributed by atoms with E-state index in [0.29, 0.717) is 24.2 Å². The minimum atomic E-state index is -0.478. The number of ether oxygens (including phenoxy) is 2. The number of fused-ring (bicyclic) bond motifs is 1. The number of amides is 1. The molecule has 3 aromatic carbocycles. The van der Waals surface area contributed by atoms with E-state index >= 15 is 0 Å². The lowest BCUT2D eigenvalue weighted by molar-refractivity contribution is 0.158. The summed E-state index contributed by atoms with van der Waals surface area (Å²) < 4.78 is 12.0. The zero-order valence-electron chi connectivity index (χ0n) is 21.4. The fourth-order valence-corrected chi connectivity index (χ4v) is 4.02. The Morgan fingerprint density at radius 1 is 0.946 bits per heavy atom. The first-order valence-electron chi connectivity index (χ1n) is 12.3. The lowest BCUT2D eigenvalue weighted by Crippen LogP contribution is -2.24. The molecule has 0 saturated heterocycles. The first-order chi connectivity index (χ1) is 17.9. The van der Waals surface area contributed by atoms with Crippen LogP contribution in [0.2, 0.25) is 0 Å². The van der Waals surface area contributed by atoms with E-state index in [1.165, 1.54) is 4.68 Å². The molecule has 0 bridgehead atoms. The number of nitrogens with one attached hydrogen (secondary N) is 1. The van der Waals surface area contributed by atoms with Crippen LogP contribution in [0.4, 0.5) is 10.5 Å². The summed E-state index contributed by atoms with van der Waals surface area (Å²) in [7, 11) is 5.66. The molecule has 1 aromatic heterocycles. The summed E-state index contributed by atoms with van der Waals surface area (Å²) in [5.74, 6) is 0.753. The molecule has 1 amide bonds. The minimum Gasteiger partial charge on any atom is -0.497 e. The van der Waals surface area contributed by atoms with Crippen LogP contribution in [0.1, 0.15) is 18.4 Å². The van der Waals surface area contributed by atoms with Crippen molar-refractivity contribution in [1.82, 2.24) is 14.7 Å². The topological polar surface area (TPSA) is 85.7 Å². The molecular formula is C29H32N4O4. The zero-order chi connectivity index (χ0) is 26.2. The maximum atomic E-state index is 13.2. The number of benzene rings is 3. The fourth-order valence-electron chi connectivity index (χ4n) is 4.02. The van der Waals surface area contributed by atoms with Gasteiger partial charge in [0.05, 0.1) is 31.3 Å². The number of aromatic nitrogens is 2. The van der Waals surface area contributed by atoms with E-state index in [9.17, 15) is 9.59 Å². The van der Waals surface area contributed by atoms with Gasteiger partial charge < -0.3 is 14.4 Å². The third-order valence-corrected chi connectivity index (χ3v) is 6.00. The van der Waals surface area contributed by atoms with Gasteiger partial charge in [-0.25, -0.2) is 9.48 Å². The van der Waals surface area contributed by atoms with Crippen molar-refractivity contribution in [2.24, 2.45) is 0 Å². The van der Waals surface area contributed by atoms with Crippen molar-refractivity contribution < 1.29 is 14.3 Å². The van der Waals surface area contributed by atoms with E-state index in [1.54, 1.807) is 19.2 Å². The number of unbranched alkanes of at least 4 members (excludes halogenated alkanes) is 1. The first kappa shape index (κ1) is 25.9. The van der Waals surface area contributed by atoms with E-state index in [0.717, 1.165) is 47.3 Å². The molecule has 8 heteroatoms. The Balaban J connectivity index is 1.48. The SMILES string of the molecule is COc1ccc(-c2nn(Cc3ccc(NC(=O)OCCCCN(C)C)cc3)c(=O)c3ccccc23)cc1. The van der Waals surface area contributed by atoms with Gasteiger partial charge in [-0.3, -0.25) is 10.1 Å². The molecule has 0 saturated carbocycles. The smallest absolute Gasteiger partial charge is 0.411 e. The lowest BCUT2D eigenvalue weighted by atomic mass is 10.0. The monoisotopic (exact) mass is 500 g/mol. The van der Waals surface area contributed by atoms with Crippen LogP contribution in [0.25, 0.3) is 22.0 Å². The highest BCUT2D eigenvalue weighted by molar-refractivity contribution is 5.93. The number of nitrogens with zero attached hydrogens (tertiary/aromatic N) is 3. The number of hydrogen-bond acceptors (Lipinski definition) is 6.